The van der Waals surface area contributed by atoms with Crippen LogP contribution in [-0.2, 0) is 9.59 Å². The van der Waals surface area contributed by atoms with Crippen molar-refractivity contribution in [2.75, 3.05) is 6.73 Å². The van der Waals surface area contributed by atoms with E-state index in [1.807, 2.05) is 0 Å². The Morgan fingerprint density at radius 2 is 1.53 bits per heavy atom. The number of hydrogen-bond donors (Lipinski definition) is 0. The van der Waals surface area contributed by atoms with Crippen molar-refractivity contribution in [2.24, 2.45) is 5.92 Å². The Kier molecular flexibility index (Phi) is 7.76. The van der Waals surface area contributed by atoms with E-state index in [2.05, 4.69) is 6.92 Å². The molecule has 0 unspecified atom stereocenters. The minimum Gasteiger partial charge on any atom is -0.473 e. The summed E-state index contributed by atoms with van der Waals surface area (Å²) in [6, 6.07) is 9.26. The molecule has 0 atom stereocenters. The van der Waals surface area contributed by atoms with Crippen LogP contribution >= 0.6 is 0 Å². The van der Waals surface area contributed by atoms with Crippen molar-refractivity contribution < 1.29 is 23.1 Å². The molecule has 6 heteroatoms. The second-order valence-corrected chi connectivity index (χ2v) is 9.31. The summed E-state index contributed by atoms with van der Waals surface area (Å²) in [6.45, 7) is 1.99. The Balaban J connectivity index is 1.38. The Bertz CT molecular complexity index is 1010. The molecular formula is C28H31F2NO3. The van der Waals surface area contributed by atoms with Gasteiger partial charge in [-0.1, -0.05) is 44.7 Å². The van der Waals surface area contributed by atoms with Gasteiger partial charge < -0.3 is 4.74 Å². The molecule has 2 aromatic rings. The average molecular weight is 468 g/mol. The number of carbonyl (C=O) groups is 2. The third-order valence-corrected chi connectivity index (χ3v) is 7.00. The molecule has 4 nitrogen and oxygen atoms in total. The van der Waals surface area contributed by atoms with Gasteiger partial charge in [0.2, 0.25) is 0 Å². The molecule has 1 saturated carbocycles. The van der Waals surface area contributed by atoms with Crippen molar-refractivity contribution in [2.45, 2.75) is 64.2 Å². The van der Waals surface area contributed by atoms with Gasteiger partial charge in [-0.15, -0.1) is 0 Å². The van der Waals surface area contributed by atoms with E-state index < -0.39 is 23.4 Å². The first-order chi connectivity index (χ1) is 16.5. The van der Waals surface area contributed by atoms with Gasteiger partial charge in [-0.05, 0) is 72.9 Å². The highest BCUT2D eigenvalue weighted by molar-refractivity contribution is 6.12. The van der Waals surface area contributed by atoms with Crippen LogP contribution < -0.4 is 4.74 Å². The summed E-state index contributed by atoms with van der Waals surface area (Å²) in [5.41, 5.74) is 1.10. The monoisotopic (exact) mass is 467 g/mol. The molecule has 1 aliphatic heterocycles. The summed E-state index contributed by atoms with van der Waals surface area (Å²) in [4.78, 5) is 24.1. The number of imide groups is 1. The van der Waals surface area contributed by atoms with Gasteiger partial charge in [0.15, 0.2) is 6.73 Å². The number of carbonyl (C=O) groups excluding carboxylic acids is 2. The average Bonchev–Trinajstić information content (AvgIpc) is 3.15. The lowest BCUT2D eigenvalue weighted by molar-refractivity contribution is -0.140. The van der Waals surface area contributed by atoms with Crippen molar-refractivity contribution in [1.82, 2.24) is 4.90 Å². The fourth-order valence-corrected chi connectivity index (χ4v) is 4.99. The van der Waals surface area contributed by atoms with Crippen LogP contribution in [0, 0.1) is 17.6 Å². The lowest BCUT2D eigenvalue weighted by Gasteiger charge is -2.29. The lowest BCUT2D eigenvalue weighted by atomic mass is 9.77. The van der Waals surface area contributed by atoms with Crippen LogP contribution in [0.1, 0.15) is 69.8 Å². The van der Waals surface area contributed by atoms with Gasteiger partial charge >= 0.3 is 0 Å². The summed E-state index contributed by atoms with van der Waals surface area (Å²) in [5, 5.41) is 0. The van der Waals surface area contributed by atoms with Crippen LogP contribution in [-0.4, -0.2) is 23.4 Å². The quantitative estimate of drug-likeness (QED) is 0.303. The van der Waals surface area contributed by atoms with Gasteiger partial charge in [-0.25, -0.2) is 13.7 Å². The van der Waals surface area contributed by atoms with Crippen LogP contribution in [0.15, 0.2) is 48.6 Å². The van der Waals surface area contributed by atoms with Gasteiger partial charge in [-0.3, -0.25) is 9.59 Å². The third kappa shape index (κ3) is 5.54. The number of hydrogen-bond acceptors (Lipinski definition) is 3. The number of unbranched alkanes of at least 4 members (excludes halogenated alkanes) is 2. The van der Waals surface area contributed by atoms with Crippen molar-refractivity contribution in [3.05, 3.63) is 65.7 Å². The van der Waals surface area contributed by atoms with Gasteiger partial charge in [-0.2, -0.15) is 0 Å². The summed E-state index contributed by atoms with van der Waals surface area (Å²) in [6.07, 6.45) is 11.7. The van der Waals surface area contributed by atoms with E-state index >= 15 is 8.78 Å². The first-order valence-corrected chi connectivity index (χ1v) is 12.2. The van der Waals surface area contributed by atoms with Gasteiger partial charge in [0, 0.05) is 12.2 Å². The van der Waals surface area contributed by atoms with E-state index in [9.17, 15) is 9.59 Å². The molecule has 34 heavy (non-hydrogen) atoms. The molecule has 2 aliphatic rings. The highest BCUT2D eigenvalue weighted by atomic mass is 19.1. The molecular weight excluding hydrogens is 436 g/mol. The maximum absolute atomic E-state index is 15.0. The van der Waals surface area contributed by atoms with Crippen molar-refractivity contribution in [1.29, 1.82) is 0 Å². The SMILES string of the molecule is CCCCCC1CCC(c2cc(F)c(-c3ccc(OCN4C(=O)C=CC4=O)cc3)c(F)c2)CC1. The maximum Gasteiger partial charge on any atom is 0.256 e. The second kappa shape index (κ2) is 10.9. The fourth-order valence-electron chi connectivity index (χ4n) is 4.99. The number of benzene rings is 2. The summed E-state index contributed by atoms with van der Waals surface area (Å²) in [7, 11) is 0. The van der Waals surface area contributed by atoms with Crippen LogP contribution in [0.25, 0.3) is 11.1 Å². The van der Waals surface area contributed by atoms with E-state index in [0.29, 0.717) is 11.3 Å². The minimum atomic E-state index is -0.562. The Morgan fingerprint density at radius 1 is 0.912 bits per heavy atom. The fraction of sp³-hybridized carbons (Fsp3) is 0.429. The molecule has 0 N–H and O–H groups in total. The zero-order valence-electron chi connectivity index (χ0n) is 19.6. The molecule has 0 saturated heterocycles. The largest absolute Gasteiger partial charge is 0.473 e. The number of amides is 2. The van der Waals surface area contributed by atoms with E-state index in [4.69, 9.17) is 4.74 Å². The van der Waals surface area contributed by atoms with Crippen LogP contribution in [0.4, 0.5) is 8.78 Å². The molecule has 1 fully saturated rings. The van der Waals surface area contributed by atoms with Gasteiger partial charge in [0.25, 0.3) is 11.8 Å². The number of rotatable bonds is 9. The van der Waals surface area contributed by atoms with E-state index in [0.717, 1.165) is 42.1 Å². The highest BCUT2D eigenvalue weighted by Crippen LogP contribution is 2.39. The van der Waals surface area contributed by atoms with E-state index in [1.54, 1.807) is 24.3 Å². The molecule has 4 rings (SSSR count). The maximum atomic E-state index is 15.0. The zero-order chi connectivity index (χ0) is 24.1. The molecule has 180 valence electrons. The Hall–Kier alpha value is -3.02. The summed E-state index contributed by atoms with van der Waals surface area (Å²) in [5.74, 6) is -0.644. The second-order valence-electron chi connectivity index (χ2n) is 9.31. The van der Waals surface area contributed by atoms with Crippen molar-refractivity contribution >= 4 is 11.8 Å². The highest BCUT2D eigenvalue weighted by Gasteiger charge is 2.25. The summed E-state index contributed by atoms with van der Waals surface area (Å²) >= 11 is 0. The third-order valence-electron chi connectivity index (χ3n) is 7.00. The molecule has 2 aromatic carbocycles. The predicted octanol–water partition coefficient (Wildman–Crippen LogP) is 6.75. The molecule has 0 spiro atoms. The zero-order valence-corrected chi connectivity index (χ0v) is 19.6. The van der Waals surface area contributed by atoms with Crippen molar-refractivity contribution in [3.8, 4) is 16.9 Å². The molecule has 0 aromatic heterocycles. The number of halogens is 2. The van der Waals surface area contributed by atoms with Crippen LogP contribution in [0.2, 0.25) is 0 Å². The molecule has 0 bridgehead atoms. The molecule has 1 aliphatic carbocycles. The predicted molar refractivity (Wildman–Crippen MR) is 127 cm³/mol. The number of ether oxygens (including phenoxy) is 1. The Morgan fingerprint density at radius 3 is 2.12 bits per heavy atom. The molecule has 1 heterocycles. The van der Waals surface area contributed by atoms with E-state index in [-0.39, 0.29) is 18.2 Å². The smallest absolute Gasteiger partial charge is 0.256 e. The van der Waals surface area contributed by atoms with Gasteiger partial charge in [0.1, 0.15) is 17.4 Å². The molecule has 2 amide bonds. The first-order valence-electron chi connectivity index (χ1n) is 12.2. The van der Waals surface area contributed by atoms with Crippen molar-refractivity contribution in [3.63, 3.8) is 0 Å². The Labute approximate surface area is 199 Å². The topological polar surface area (TPSA) is 46.6 Å². The van der Waals surface area contributed by atoms with Crippen LogP contribution in [0.5, 0.6) is 5.75 Å². The first kappa shape index (κ1) is 24.1. The summed E-state index contributed by atoms with van der Waals surface area (Å²) < 4.78 is 35.5. The minimum absolute atomic E-state index is 0.0577. The van der Waals surface area contributed by atoms with E-state index in [1.165, 1.54) is 50.0 Å². The molecule has 0 radical (unpaired) electrons. The standard InChI is InChI=1S/C28H31F2NO3/c1-2-3-4-5-19-6-8-20(9-7-19)22-16-24(29)28(25(30)17-22)21-10-12-23(13-11-21)34-18-31-26(32)14-15-27(31)33/h10-17,19-20H,2-9,18H2,1H3. The lowest BCUT2D eigenvalue weighted by Crippen LogP contribution is -2.33. The van der Waals surface area contributed by atoms with Gasteiger partial charge in [0.05, 0.1) is 5.56 Å². The van der Waals surface area contributed by atoms with Crippen LogP contribution in [0.3, 0.4) is 0 Å². The number of nitrogens with zero attached hydrogens (tertiary/aromatic N) is 1. The normalized spacial score (nSPS) is 20.3.